The van der Waals surface area contributed by atoms with Crippen molar-refractivity contribution in [2.24, 2.45) is 0 Å². The van der Waals surface area contributed by atoms with E-state index in [0.29, 0.717) is 35.8 Å². The van der Waals surface area contributed by atoms with E-state index >= 15 is 0 Å². The van der Waals surface area contributed by atoms with Crippen LogP contribution in [0.5, 0.6) is 0 Å². The molecule has 0 spiro atoms. The first-order chi connectivity index (χ1) is 10.9. The molecule has 1 fully saturated rings. The van der Waals surface area contributed by atoms with Crippen molar-refractivity contribution in [2.75, 3.05) is 19.6 Å². The number of carbonyl (C=O) groups is 3. The Morgan fingerprint density at radius 2 is 2.13 bits per heavy atom. The summed E-state index contributed by atoms with van der Waals surface area (Å²) in [4.78, 5) is 38.8. The fourth-order valence-corrected chi connectivity index (χ4v) is 3.93. The molecule has 2 amide bonds. The molecule has 6 nitrogen and oxygen atoms in total. The minimum atomic E-state index is -1.03. The standard InChI is InChI=1S/C15H19ClN2O4S/c1-10(19)18(9-13(20)21)11-3-2-6-17(7-4-11)15(22)14-12(16)5-8-23-14/h5,8,11H,2-4,6-7,9H2,1H3,(H,20,21). The summed E-state index contributed by atoms with van der Waals surface area (Å²) in [6.07, 6.45) is 1.99. The van der Waals surface area contributed by atoms with Gasteiger partial charge in [-0.05, 0) is 30.7 Å². The summed E-state index contributed by atoms with van der Waals surface area (Å²) in [7, 11) is 0. The second kappa shape index (κ2) is 7.79. The maximum atomic E-state index is 12.5. The van der Waals surface area contributed by atoms with Crippen molar-refractivity contribution in [1.29, 1.82) is 0 Å². The molecule has 2 rings (SSSR count). The lowest BCUT2D eigenvalue weighted by Gasteiger charge is -2.28. The van der Waals surface area contributed by atoms with E-state index in [1.165, 1.54) is 23.2 Å². The van der Waals surface area contributed by atoms with Crippen LogP contribution in [0.25, 0.3) is 0 Å². The van der Waals surface area contributed by atoms with E-state index in [4.69, 9.17) is 16.7 Å². The summed E-state index contributed by atoms with van der Waals surface area (Å²) in [5.41, 5.74) is 0. The molecule has 0 saturated carbocycles. The molecule has 0 aromatic carbocycles. The zero-order valence-electron chi connectivity index (χ0n) is 12.8. The van der Waals surface area contributed by atoms with Gasteiger partial charge in [0.25, 0.3) is 5.91 Å². The molecule has 1 aliphatic heterocycles. The quantitative estimate of drug-likeness (QED) is 0.896. The van der Waals surface area contributed by atoms with Gasteiger partial charge in [0.15, 0.2) is 0 Å². The van der Waals surface area contributed by atoms with E-state index in [2.05, 4.69) is 0 Å². The zero-order valence-corrected chi connectivity index (χ0v) is 14.4. The van der Waals surface area contributed by atoms with Crippen molar-refractivity contribution in [1.82, 2.24) is 9.80 Å². The SMILES string of the molecule is CC(=O)N(CC(=O)O)C1CCCN(C(=O)c2sccc2Cl)CC1. The highest BCUT2D eigenvalue weighted by Gasteiger charge is 2.28. The van der Waals surface area contributed by atoms with Crippen LogP contribution < -0.4 is 0 Å². The number of carbonyl (C=O) groups excluding carboxylic acids is 2. The molecule has 1 unspecified atom stereocenters. The number of likely N-dealkylation sites (tertiary alicyclic amines) is 1. The summed E-state index contributed by atoms with van der Waals surface area (Å²) < 4.78 is 0. The topological polar surface area (TPSA) is 77.9 Å². The first-order valence-electron chi connectivity index (χ1n) is 7.41. The van der Waals surface area contributed by atoms with Gasteiger partial charge in [-0.25, -0.2) is 0 Å². The van der Waals surface area contributed by atoms with Gasteiger partial charge in [-0.15, -0.1) is 11.3 Å². The Balaban J connectivity index is 2.04. The highest BCUT2D eigenvalue weighted by molar-refractivity contribution is 7.12. The van der Waals surface area contributed by atoms with E-state index in [-0.39, 0.29) is 24.4 Å². The minimum absolute atomic E-state index is 0.0988. The third kappa shape index (κ3) is 4.45. The average molecular weight is 359 g/mol. The molecule has 126 valence electrons. The summed E-state index contributed by atoms with van der Waals surface area (Å²) in [6, 6.07) is 1.55. The number of aliphatic carboxylic acids is 1. The number of amides is 2. The Hall–Kier alpha value is -1.60. The molecule has 1 aromatic heterocycles. The number of carboxylic acid groups (broad SMARTS) is 1. The summed E-state index contributed by atoms with van der Waals surface area (Å²) in [5.74, 6) is -1.38. The molecular formula is C15H19ClN2O4S. The van der Waals surface area contributed by atoms with Gasteiger partial charge < -0.3 is 14.9 Å². The van der Waals surface area contributed by atoms with Gasteiger partial charge >= 0.3 is 5.97 Å². The van der Waals surface area contributed by atoms with Crippen LogP contribution in [0.4, 0.5) is 0 Å². The molecule has 23 heavy (non-hydrogen) atoms. The zero-order chi connectivity index (χ0) is 17.0. The van der Waals surface area contributed by atoms with E-state index in [1.807, 2.05) is 0 Å². The lowest BCUT2D eigenvalue weighted by Crippen LogP contribution is -2.43. The summed E-state index contributed by atoms with van der Waals surface area (Å²) >= 11 is 7.33. The lowest BCUT2D eigenvalue weighted by molar-refractivity contribution is -0.145. The van der Waals surface area contributed by atoms with Gasteiger partial charge in [0.05, 0.1) is 5.02 Å². The Bertz CT molecular complexity index is 604. The van der Waals surface area contributed by atoms with Crippen LogP contribution in [-0.2, 0) is 9.59 Å². The lowest BCUT2D eigenvalue weighted by atomic mass is 10.1. The predicted molar refractivity (Wildman–Crippen MR) is 87.9 cm³/mol. The average Bonchev–Trinajstić information content (AvgIpc) is 2.77. The molecule has 1 aromatic rings. The number of nitrogens with zero attached hydrogens (tertiary/aromatic N) is 2. The van der Waals surface area contributed by atoms with Crippen LogP contribution in [-0.4, -0.2) is 58.4 Å². The van der Waals surface area contributed by atoms with Crippen LogP contribution in [0.15, 0.2) is 11.4 Å². The largest absolute Gasteiger partial charge is 0.480 e. The molecular weight excluding hydrogens is 340 g/mol. The molecule has 0 bridgehead atoms. The maximum Gasteiger partial charge on any atom is 0.323 e. The first-order valence-corrected chi connectivity index (χ1v) is 8.67. The van der Waals surface area contributed by atoms with Crippen LogP contribution in [0.3, 0.4) is 0 Å². The van der Waals surface area contributed by atoms with Gasteiger partial charge in [-0.3, -0.25) is 14.4 Å². The molecule has 1 saturated heterocycles. The number of hydrogen-bond donors (Lipinski definition) is 1. The molecule has 0 radical (unpaired) electrons. The van der Waals surface area contributed by atoms with Crippen molar-refractivity contribution in [3.8, 4) is 0 Å². The normalized spacial score (nSPS) is 18.3. The number of halogens is 1. The molecule has 1 N–H and O–H groups in total. The fraction of sp³-hybridized carbons (Fsp3) is 0.533. The van der Waals surface area contributed by atoms with Gasteiger partial charge in [0, 0.05) is 26.1 Å². The van der Waals surface area contributed by atoms with E-state index in [0.717, 1.165) is 6.42 Å². The van der Waals surface area contributed by atoms with Crippen molar-refractivity contribution in [3.05, 3.63) is 21.3 Å². The molecule has 0 aliphatic carbocycles. The number of rotatable bonds is 4. The third-order valence-electron chi connectivity index (χ3n) is 3.95. The van der Waals surface area contributed by atoms with Crippen molar-refractivity contribution < 1.29 is 19.5 Å². The van der Waals surface area contributed by atoms with Crippen LogP contribution in [0.1, 0.15) is 35.9 Å². The predicted octanol–water partition coefficient (Wildman–Crippen LogP) is 2.33. The minimum Gasteiger partial charge on any atom is -0.480 e. The highest BCUT2D eigenvalue weighted by atomic mass is 35.5. The van der Waals surface area contributed by atoms with E-state index < -0.39 is 5.97 Å². The Kier molecular flexibility index (Phi) is 6.01. The molecule has 8 heteroatoms. The summed E-state index contributed by atoms with van der Waals surface area (Å²) in [5, 5.41) is 11.2. The maximum absolute atomic E-state index is 12.5. The van der Waals surface area contributed by atoms with Crippen molar-refractivity contribution >= 4 is 40.7 Å². The van der Waals surface area contributed by atoms with Crippen LogP contribution in [0.2, 0.25) is 5.02 Å². The second-order valence-corrected chi connectivity index (χ2v) is 6.84. The van der Waals surface area contributed by atoms with Gasteiger partial charge in [-0.2, -0.15) is 0 Å². The monoisotopic (exact) mass is 358 g/mol. The van der Waals surface area contributed by atoms with Gasteiger partial charge in [-0.1, -0.05) is 11.6 Å². The Labute approximate surface area is 143 Å². The van der Waals surface area contributed by atoms with Crippen LogP contribution in [0, 0.1) is 0 Å². The van der Waals surface area contributed by atoms with Gasteiger partial charge in [0.2, 0.25) is 5.91 Å². The summed E-state index contributed by atoms with van der Waals surface area (Å²) in [6.45, 7) is 2.15. The number of carboxylic acids is 1. The Morgan fingerprint density at radius 1 is 1.39 bits per heavy atom. The Morgan fingerprint density at radius 3 is 2.70 bits per heavy atom. The van der Waals surface area contributed by atoms with Crippen LogP contribution >= 0.6 is 22.9 Å². The molecule has 1 atom stereocenters. The second-order valence-electron chi connectivity index (χ2n) is 5.52. The number of hydrogen-bond acceptors (Lipinski definition) is 4. The smallest absolute Gasteiger partial charge is 0.323 e. The van der Waals surface area contributed by atoms with Crippen molar-refractivity contribution in [3.63, 3.8) is 0 Å². The number of thiophene rings is 1. The third-order valence-corrected chi connectivity index (χ3v) is 5.28. The molecule has 2 heterocycles. The fourth-order valence-electron chi connectivity index (χ4n) is 2.83. The van der Waals surface area contributed by atoms with E-state index in [1.54, 1.807) is 16.3 Å². The molecule has 1 aliphatic rings. The van der Waals surface area contributed by atoms with Gasteiger partial charge in [0.1, 0.15) is 11.4 Å². The van der Waals surface area contributed by atoms with E-state index in [9.17, 15) is 14.4 Å². The first kappa shape index (κ1) is 17.7. The van der Waals surface area contributed by atoms with Crippen molar-refractivity contribution in [2.45, 2.75) is 32.2 Å². The highest BCUT2D eigenvalue weighted by Crippen LogP contribution is 2.25.